The third-order valence-corrected chi connectivity index (χ3v) is 5.00. The van der Waals surface area contributed by atoms with E-state index in [0.717, 1.165) is 5.39 Å². The molecule has 0 bridgehead atoms. The molecule has 0 aliphatic rings. The van der Waals surface area contributed by atoms with Crippen LogP contribution in [-0.2, 0) is 0 Å². The van der Waals surface area contributed by atoms with Crippen LogP contribution in [0.3, 0.4) is 0 Å². The molecule has 3 aromatic carbocycles. The van der Waals surface area contributed by atoms with Crippen molar-refractivity contribution in [3.63, 3.8) is 0 Å². The molecular weight excluding hydrogens is 414 g/mol. The van der Waals surface area contributed by atoms with Crippen molar-refractivity contribution in [2.45, 2.75) is 6.92 Å². The average molecular weight is 430 g/mol. The Morgan fingerprint density at radius 2 is 1.78 bits per heavy atom. The summed E-state index contributed by atoms with van der Waals surface area (Å²) < 4.78 is 34.6. The van der Waals surface area contributed by atoms with E-state index in [1.807, 2.05) is 24.3 Å². The smallest absolute Gasteiger partial charge is 0.166 e. The van der Waals surface area contributed by atoms with Gasteiger partial charge in [-0.15, -0.1) is 5.10 Å². The van der Waals surface area contributed by atoms with Crippen molar-refractivity contribution in [2.24, 2.45) is 0 Å². The zero-order valence-corrected chi connectivity index (χ0v) is 16.8. The molecule has 2 heterocycles. The molecular formula is C24H16F2N4O2. The average Bonchev–Trinajstić information content (AvgIpc) is 3.28. The number of benzene rings is 3. The summed E-state index contributed by atoms with van der Waals surface area (Å²) in [4.78, 5) is 4.65. The van der Waals surface area contributed by atoms with E-state index < -0.39 is 11.6 Å². The molecule has 0 aliphatic heterocycles. The Labute approximate surface area is 181 Å². The van der Waals surface area contributed by atoms with Gasteiger partial charge < -0.3 is 9.84 Å². The van der Waals surface area contributed by atoms with Crippen LogP contribution in [0.15, 0.2) is 72.9 Å². The SMILES string of the molecule is Cc1cc(Oc2cccc3nc(-c4cn(-c5ccc(O)c(F)c5)nn4)ccc23)ccc1F. The first-order chi connectivity index (χ1) is 15.5. The minimum absolute atomic E-state index is 0.287. The van der Waals surface area contributed by atoms with E-state index in [1.165, 1.54) is 28.9 Å². The normalized spacial score (nSPS) is 11.1. The Kier molecular flexibility index (Phi) is 4.74. The number of pyridine rings is 1. The van der Waals surface area contributed by atoms with Gasteiger partial charge in [0, 0.05) is 11.5 Å². The first-order valence-corrected chi connectivity index (χ1v) is 9.73. The van der Waals surface area contributed by atoms with E-state index in [0.29, 0.717) is 39.7 Å². The molecule has 0 fully saturated rings. The Morgan fingerprint density at radius 3 is 2.59 bits per heavy atom. The molecule has 0 atom stereocenters. The van der Waals surface area contributed by atoms with Crippen LogP contribution in [0.1, 0.15) is 5.56 Å². The summed E-state index contributed by atoms with van der Waals surface area (Å²) in [5.41, 5.74) is 2.69. The van der Waals surface area contributed by atoms with Gasteiger partial charge in [0.2, 0.25) is 0 Å². The van der Waals surface area contributed by atoms with Crippen LogP contribution in [0.5, 0.6) is 17.2 Å². The standard InChI is InChI=1S/C24H16F2N4O2/c1-14-11-16(6-8-18(14)25)32-24-4-2-3-20-17(24)7-9-21(27-20)22-13-30(29-28-22)15-5-10-23(31)19(26)12-15/h2-13,31H,1H3. The first kappa shape index (κ1) is 19.6. The molecule has 0 saturated carbocycles. The summed E-state index contributed by atoms with van der Waals surface area (Å²) >= 11 is 0. The van der Waals surface area contributed by atoms with Crippen molar-refractivity contribution < 1.29 is 18.6 Å². The lowest BCUT2D eigenvalue weighted by Crippen LogP contribution is -1.95. The second kappa shape index (κ2) is 7.73. The van der Waals surface area contributed by atoms with Crippen LogP contribution in [0, 0.1) is 18.6 Å². The molecule has 158 valence electrons. The number of phenols is 1. The van der Waals surface area contributed by atoms with Crippen molar-refractivity contribution in [1.82, 2.24) is 20.0 Å². The zero-order valence-electron chi connectivity index (χ0n) is 16.8. The number of phenolic OH excluding ortho intramolecular Hbond substituents is 1. The summed E-state index contributed by atoms with van der Waals surface area (Å²) in [6, 6.07) is 17.7. The van der Waals surface area contributed by atoms with Gasteiger partial charge in [-0.3, -0.25) is 0 Å². The monoisotopic (exact) mass is 430 g/mol. The Hall–Kier alpha value is -4.33. The lowest BCUT2D eigenvalue weighted by Gasteiger charge is -2.10. The van der Waals surface area contributed by atoms with Crippen LogP contribution in [0.25, 0.3) is 28.0 Å². The summed E-state index contributed by atoms with van der Waals surface area (Å²) in [6.45, 7) is 1.68. The van der Waals surface area contributed by atoms with Gasteiger partial charge in [-0.2, -0.15) is 0 Å². The minimum atomic E-state index is -0.743. The fourth-order valence-electron chi connectivity index (χ4n) is 3.31. The lowest BCUT2D eigenvalue weighted by atomic mass is 10.1. The predicted octanol–water partition coefficient (Wildman–Crippen LogP) is 5.57. The Bertz CT molecular complexity index is 1470. The van der Waals surface area contributed by atoms with Crippen LogP contribution in [-0.4, -0.2) is 25.1 Å². The maximum Gasteiger partial charge on any atom is 0.166 e. The molecule has 5 rings (SSSR count). The highest BCUT2D eigenvalue weighted by atomic mass is 19.1. The molecule has 1 N–H and O–H groups in total. The van der Waals surface area contributed by atoms with Crippen LogP contribution >= 0.6 is 0 Å². The second-order valence-corrected chi connectivity index (χ2v) is 7.22. The molecule has 0 saturated heterocycles. The number of fused-ring (bicyclic) bond motifs is 1. The topological polar surface area (TPSA) is 73.1 Å². The number of hydrogen-bond donors (Lipinski definition) is 1. The summed E-state index contributed by atoms with van der Waals surface area (Å²) in [5.74, 6) is -0.337. The highest BCUT2D eigenvalue weighted by molar-refractivity contribution is 5.87. The molecule has 5 aromatic rings. The number of halogens is 2. The quantitative estimate of drug-likeness (QED) is 0.404. The number of aryl methyl sites for hydroxylation is 1. The molecule has 32 heavy (non-hydrogen) atoms. The van der Waals surface area contributed by atoms with Gasteiger partial charge in [0.1, 0.15) is 23.0 Å². The third-order valence-electron chi connectivity index (χ3n) is 5.00. The van der Waals surface area contributed by atoms with E-state index in [9.17, 15) is 13.9 Å². The highest BCUT2D eigenvalue weighted by Crippen LogP contribution is 2.31. The van der Waals surface area contributed by atoms with Gasteiger partial charge in [0.25, 0.3) is 0 Å². The summed E-state index contributed by atoms with van der Waals surface area (Å²) in [6.07, 6.45) is 1.63. The van der Waals surface area contributed by atoms with Crippen LogP contribution in [0.2, 0.25) is 0 Å². The van der Waals surface area contributed by atoms with E-state index >= 15 is 0 Å². The number of nitrogens with zero attached hydrogens (tertiary/aromatic N) is 4. The summed E-state index contributed by atoms with van der Waals surface area (Å²) in [5, 5.41) is 18.3. The molecule has 0 aliphatic carbocycles. The maximum absolute atomic E-state index is 13.7. The lowest BCUT2D eigenvalue weighted by molar-refractivity contribution is 0.432. The van der Waals surface area contributed by atoms with E-state index in [-0.39, 0.29) is 5.82 Å². The molecule has 0 radical (unpaired) electrons. The van der Waals surface area contributed by atoms with Crippen molar-refractivity contribution >= 4 is 10.9 Å². The van der Waals surface area contributed by atoms with E-state index in [1.54, 1.807) is 31.3 Å². The Balaban J connectivity index is 1.47. The third kappa shape index (κ3) is 3.62. The maximum atomic E-state index is 13.7. The molecule has 0 unspecified atom stereocenters. The summed E-state index contributed by atoms with van der Waals surface area (Å²) in [7, 11) is 0. The van der Waals surface area contributed by atoms with Crippen LogP contribution in [0.4, 0.5) is 8.78 Å². The zero-order chi connectivity index (χ0) is 22.2. The van der Waals surface area contributed by atoms with E-state index in [2.05, 4.69) is 15.3 Å². The molecule has 0 amide bonds. The molecule has 2 aromatic heterocycles. The number of aromatic nitrogens is 4. The number of aromatic hydroxyl groups is 1. The van der Waals surface area contributed by atoms with Gasteiger partial charge in [0.15, 0.2) is 11.6 Å². The van der Waals surface area contributed by atoms with Gasteiger partial charge in [-0.05, 0) is 67.1 Å². The van der Waals surface area contributed by atoms with Gasteiger partial charge in [-0.1, -0.05) is 11.3 Å². The van der Waals surface area contributed by atoms with Crippen molar-refractivity contribution in [3.05, 3.63) is 90.1 Å². The largest absolute Gasteiger partial charge is 0.505 e. The predicted molar refractivity (Wildman–Crippen MR) is 115 cm³/mol. The molecule has 8 heteroatoms. The van der Waals surface area contributed by atoms with Crippen LogP contribution < -0.4 is 4.74 Å². The van der Waals surface area contributed by atoms with Gasteiger partial charge in [-0.25, -0.2) is 18.4 Å². The number of ether oxygens (including phenoxy) is 1. The van der Waals surface area contributed by atoms with Gasteiger partial charge >= 0.3 is 0 Å². The minimum Gasteiger partial charge on any atom is -0.505 e. The van der Waals surface area contributed by atoms with Crippen molar-refractivity contribution in [3.8, 4) is 34.3 Å². The molecule has 6 nitrogen and oxygen atoms in total. The number of hydrogen-bond acceptors (Lipinski definition) is 5. The first-order valence-electron chi connectivity index (χ1n) is 9.73. The van der Waals surface area contributed by atoms with Crippen molar-refractivity contribution in [1.29, 1.82) is 0 Å². The fourth-order valence-corrected chi connectivity index (χ4v) is 3.31. The highest BCUT2D eigenvalue weighted by Gasteiger charge is 2.12. The second-order valence-electron chi connectivity index (χ2n) is 7.22. The van der Waals surface area contributed by atoms with Crippen molar-refractivity contribution in [2.75, 3.05) is 0 Å². The fraction of sp³-hybridized carbons (Fsp3) is 0.0417. The van der Waals surface area contributed by atoms with E-state index in [4.69, 9.17) is 4.74 Å². The Morgan fingerprint density at radius 1 is 0.906 bits per heavy atom. The number of rotatable bonds is 4. The van der Waals surface area contributed by atoms with Gasteiger partial charge in [0.05, 0.1) is 23.1 Å². The molecule has 0 spiro atoms.